The van der Waals surface area contributed by atoms with Crippen LogP contribution < -0.4 is 0 Å². The number of thioether (sulfide) groups is 1. The van der Waals surface area contributed by atoms with Crippen LogP contribution in [0.4, 0.5) is 0 Å². The number of aromatic nitrogens is 4. The van der Waals surface area contributed by atoms with Crippen LogP contribution in [-0.4, -0.2) is 61.7 Å². The van der Waals surface area contributed by atoms with Gasteiger partial charge in [0.05, 0.1) is 11.8 Å². The molecule has 3 rings (SSSR count). The number of likely N-dealkylation sites (tertiary alicyclic amines) is 1. The highest BCUT2D eigenvalue weighted by atomic mass is 32.2. The number of hydrogen-bond acceptors (Lipinski definition) is 6. The predicted molar refractivity (Wildman–Crippen MR) is 100 cm³/mol. The molecule has 2 heterocycles. The van der Waals surface area contributed by atoms with E-state index in [0.29, 0.717) is 5.75 Å². The van der Waals surface area contributed by atoms with Gasteiger partial charge in [-0.1, -0.05) is 36.9 Å². The van der Waals surface area contributed by atoms with Gasteiger partial charge in [0.2, 0.25) is 5.16 Å². The first-order valence-electron chi connectivity index (χ1n) is 8.92. The predicted octanol–water partition coefficient (Wildman–Crippen LogP) is 2.46. The molecular formula is C18H27N5OS. The average molecular weight is 362 g/mol. The van der Waals surface area contributed by atoms with E-state index >= 15 is 0 Å². The van der Waals surface area contributed by atoms with Gasteiger partial charge >= 0.3 is 0 Å². The first kappa shape index (κ1) is 18.4. The van der Waals surface area contributed by atoms with Crippen LogP contribution in [0.3, 0.4) is 0 Å². The molecule has 0 aliphatic carbocycles. The molecule has 1 fully saturated rings. The summed E-state index contributed by atoms with van der Waals surface area (Å²) in [5.74, 6) is 1.40. The molecular weight excluding hydrogens is 334 g/mol. The second-order valence-corrected chi connectivity index (χ2v) is 8.05. The second-order valence-electron chi connectivity index (χ2n) is 7.06. The van der Waals surface area contributed by atoms with Gasteiger partial charge in [-0.15, -0.1) is 5.10 Å². The van der Waals surface area contributed by atoms with Crippen molar-refractivity contribution in [3.63, 3.8) is 0 Å². The van der Waals surface area contributed by atoms with Crippen molar-refractivity contribution < 1.29 is 5.11 Å². The highest BCUT2D eigenvalue weighted by molar-refractivity contribution is 7.99. The Labute approximate surface area is 153 Å². The fraction of sp³-hybridized carbons (Fsp3) is 0.611. The monoisotopic (exact) mass is 361 g/mol. The lowest BCUT2D eigenvalue weighted by Crippen LogP contribution is -2.39. The maximum Gasteiger partial charge on any atom is 0.214 e. The van der Waals surface area contributed by atoms with Crippen LogP contribution in [0.1, 0.15) is 30.9 Å². The molecule has 0 unspecified atom stereocenters. The molecule has 1 aromatic heterocycles. The Morgan fingerprint density at radius 1 is 1.24 bits per heavy atom. The second kappa shape index (κ2) is 8.29. The van der Waals surface area contributed by atoms with Crippen LogP contribution in [0.25, 0.3) is 5.69 Å². The minimum atomic E-state index is -0.374. The molecule has 1 aliphatic rings. The van der Waals surface area contributed by atoms with E-state index in [-0.39, 0.29) is 6.10 Å². The van der Waals surface area contributed by atoms with Gasteiger partial charge in [-0.05, 0) is 67.3 Å². The summed E-state index contributed by atoms with van der Waals surface area (Å²) in [5.41, 5.74) is 3.30. The zero-order valence-electron chi connectivity index (χ0n) is 15.2. The van der Waals surface area contributed by atoms with Crippen molar-refractivity contribution in [3.05, 3.63) is 29.3 Å². The first-order valence-corrected chi connectivity index (χ1v) is 9.91. The number of β-amino-alcohol motifs (C(OH)–C–C–N with tert-alkyl or cyclic N) is 1. The summed E-state index contributed by atoms with van der Waals surface area (Å²) >= 11 is 1.51. The Morgan fingerprint density at radius 2 is 1.92 bits per heavy atom. The summed E-state index contributed by atoms with van der Waals surface area (Å²) in [6, 6.07) is 6.16. The number of piperidine rings is 1. The number of aliphatic hydroxyl groups excluding tert-OH is 1. The van der Waals surface area contributed by atoms with E-state index in [1.807, 2.05) is 6.07 Å². The van der Waals surface area contributed by atoms with Gasteiger partial charge in [-0.25, -0.2) is 0 Å². The van der Waals surface area contributed by atoms with Crippen molar-refractivity contribution in [1.29, 1.82) is 0 Å². The van der Waals surface area contributed by atoms with Crippen LogP contribution in [-0.2, 0) is 0 Å². The Morgan fingerprint density at radius 3 is 2.60 bits per heavy atom. The van der Waals surface area contributed by atoms with Crippen LogP contribution in [0.5, 0.6) is 0 Å². The van der Waals surface area contributed by atoms with E-state index in [9.17, 15) is 5.11 Å². The third-order valence-corrected chi connectivity index (χ3v) is 5.91. The maximum absolute atomic E-state index is 10.4. The Hall–Kier alpha value is -1.44. The van der Waals surface area contributed by atoms with Crippen LogP contribution in [0.2, 0.25) is 0 Å². The number of para-hydroxylation sites is 1. The van der Waals surface area contributed by atoms with Crippen molar-refractivity contribution >= 4 is 11.8 Å². The first-order chi connectivity index (χ1) is 12.0. The summed E-state index contributed by atoms with van der Waals surface area (Å²) in [4.78, 5) is 2.36. The van der Waals surface area contributed by atoms with Crippen LogP contribution in [0, 0.1) is 19.8 Å². The lowest BCUT2D eigenvalue weighted by atomic mass is 9.99. The normalized spacial score (nSPS) is 17.8. The van der Waals surface area contributed by atoms with Gasteiger partial charge in [-0.2, -0.15) is 4.68 Å². The average Bonchev–Trinajstić information content (AvgIpc) is 3.03. The molecule has 7 heteroatoms. The van der Waals surface area contributed by atoms with Crippen molar-refractivity contribution in [1.82, 2.24) is 25.1 Å². The summed E-state index contributed by atoms with van der Waals surface area (Å²) in [6.45, 7) is 9.32. The summed E-state index contributed by atoms with van der Waals surface area (Å²) in [6.07, 6.45) is 2.08. The van der Waals surface area contributed by atoms with Gasteiger partial charge in [-0.3, -0.25) is 0 Å². The molecule has 1 N–H and O–H groups in total. The van der Waals surface area contributed by atoms with E-state index in [1.54, 1.807) is 4.68 Å². The zero-order chi connectivity index (χ0) is 17.8. The molecule has 136 valence electrons. The number of tetrazole rings is 1. The highest BCUT2D eigenvalue weighted by Gasteiger charge is 2.20. The number of rotatable bonds is 6. The molecule has 1 aliphatic heterocycles. The Balaban J connectivity index is 1.60. The minimum Gasteiger partial charge on any atom is -0.391 e. The van der Waals surface area contributed by atoms with E-state index < -0.39 is 0 Å². The molecule has 2 aromatic rings. The fourth-order valence-corrected chi connectivity index (χ4v) is 4.11. The summed E-state index contributed by atoms with van der Waals surface area (Å²) in [7, 11) is 0. The molecule has 1 atom stereocenters. The highest BCUT2D eigenvalue weighted by Crippen LogP contribution is 2.24. The van der Waals surface area contributed by atoms with E-state index in [2.05, 4.69) is 53.3 Å². The maximum atomic E-state index is 10.4. The van der Waals surface area contributed by atoms with Crippen molar-refractivity contribution in [3.8, 4) is 5.69 Å². The number of benzene rings is 1. The van der Waals surface area contributed by atoms with Gasteiger partial charge < -0.3 is 10.0 Å². The smallest absolute Gasteiger partial charge is 0.214 e. The fourth-order valence-electron chi connectivity index (χ4n) is 3.32. The van der Waals surface area contributed by atoms with Crippen LogP contribution in [0.15, 0.2) is 23.4 Å². The zero-order valence-corrected chi connectivity index (χ0v) is 16.0. The third-order valence-electron chi connectivity index (χ3n) is 4.84. The molecule has 0 radical (unpaired) electrons. The Bertz CT molecular complexity index is 676. The molecule has 0 amide bonds. The van der Waals surface area contributed by atoms with Crippen molar-refractivity contribution in [2.45, 2.75) is 44.9 Å². The standard InChI is InChI=1S/C18H27N5OS/c1-13-7-9-22(10-8-13)11-16(24)12-25-18-19-20-21-23(18)17-14(2)5-4-6-15(17)3/h4-6,13,16,24H,7-12H2,1-3H3/t16-/m0/s1. The topological polar surface area (TPSA) is 67.1 Å². The lowest BCUT2D eigenvalue weighted by molar-refractivity contribution is 0.105. The molecule has 25 heavy (non-hydrogen) atoms. The van der Waals surface area contributed by atoms with Gasteiger partial charge in [0, 0.05) is 12.3 Å². The molecule has 1 aromatic carbocycles. The van der Waals surface area contributed by atoms with E-state index in [1.165, 1.54) is 24.6 Å². The number of aliphatic hydroxyl groups is 1. The molecule has 0 spiro atoms. The lowest BCUT2D eigenvalue weighted by Gasteiger charge is -2.31. The largest absolute Gasteiger partial charge is 0.391 e. The van der Waals surface area contributed by atoms with E-state index in [4.69, 9.17) is 0 Å². The molecule has 0 bridgehead atoms. The summed E-state index contributed by atoms with van der Waals surface area (Å²) in [5, 5.41) is 23.3. The molecule has 6 nitrogen and oxygen atoms in total. The molecule has 0 saturated carbocycles. The van der Waals surface area contributed by atoms with Gasteiger partial charge in [0.15, 0.2) is 0 Å². The van der Waals surface area contributed by atoms with Gasteiger partial charge in [0.25, 0.3) is 0 Å². The summed E-state index contributed by atoms with van der Waals surface area (Å²) < 4.78 is 1.78. The molecule has 1 saturated heterocycles. The van der Waals surface area contributed by atoms with Crippen molar-refractivity contribution in [2.24, 2.45) is 5.92 Å². The number of nitrogens with zero attached hydrogens (tertiary/aromatic N) is 5. The van der Waals surface area contributed by atoms with E-state index in [0.717, 1.165) is 47.5 Å². The quantitative estimate of drug-likeness (QED) is 0.797. The SMILES string of the molecule is Cc1cccc(C)c1-n1nnnc1SC[C@@H](O)CN1CCC(C)CC1. The van der Waals surface area contributed by atoms with Crippen molar-refractivity contribution in [2.75, 3.05) is 25.4 Å². The van der Waals surface area contributed by atoms with Crippen LogP contribution >= 0.6 is 11.8 Å². The Kier molecular flexibility index (Phi) is 6.09. The minimum absolute atomic E-state index is 0.374. The van der Waals surface area contributed by atoms with Gasteiger partial charge in [0.1, 0.15) is 0 Å². The third kappa shape index (κ3) is 4.59. The number of hydrogen-bond donors (Lipinski definition) is 1. The number of aryl methyl sites for hydroxylation is 2.